The molecule has 3 saturated heterocycles. The minimum atomic E-state index is -5.74. The fourth-order valence-corrected chi connectivity index (χ4v) is 7.94. The fraction of sp³-hybridized carbons (Fsp3) is 0.448. The zero-order valence-corrected chi connectivity index (χ0v) is 25.0. The first-order chi connectivity index (χ1) is 20.3. The number of halogens is 2. The number of amides is 3. The van der Waals surface area contributed by atoms with Crippen molar-refractivity contribution in [3.05, 3.63) is 64.8 Å². The standard InChI is InChI=1S/C29H31F2N4O6PS/c1-28(24-7-2-3-12-32-24)15-34(16-28)27(38)21-10-9-19-5-4-6-20(26(37)35(19)21)33-25(36)23-14-17-13-18(8-11-22(17)43-23)29(30,31)42(39,40)41/h2-3,7-8,11-14,19-21H,4-6,9-10,15-16H2,1H3,(H,33,36)(H2,39,40,41)/t19-,20-,21-/m0/s1. The minimum Gasteiger partial charge on any atom is -0.340 e. The number of pyridine rings is 1. The van der Waals surface area contributed by atoms with Crippen LogP contribution < -0.4 is 5.32 Å². The minimum absolute atomic E-state index is 0.0785. The number of benzene rings is 1. The van der Waals surface area contributed by atoms with Gasteiger partial charge in [-0.3, -0.25) is 23.9 Å². The molecule has 228 valence electrons. The zero-order valence-electron chi connectivity index (χ0n) is 23.3. The van der Waals surface area contributed by atoms with E-state index in [1.807, 2.05) is 18.2 Å². The normalized spacial score (nSPS) is 23.9. The van der Waals surface area contributed by atoms with Crippen LogP contribution in [0, 0.1) is 0 Å². The number of nitrogens with zero attached hydrogens (tertiary/aromatic N) is 3. The van der Waals surface area contributed by atoms with Gasteiger partial charge in [0.2, 0.25) is 11.8 Å². The summed E-state index contributed by atoms with van der Waals surface area (Å²) in [4.78, 5) is 66.8. The molecule has 5 heterocycles. The van der Waals surface area contributed by atoms with Crippen LogP contribution in [0.15, 0.2) is 48.7 Å². The van der Waals surface area contributed by atoms with E-state index in [-0.39, 0.29) is 33.5 Å². The zero-order chi connectivity index (χ0) is 30.7. The number of likely N-dealkylation sites (tertiary alicyclic amines) is 1. The van der Waals surface area contributed by atoms with Gasteiger partial charge in [0.15, 0.2) is 0 Å². The first kappa shape index (κ1) is 29.8. The number of carbonyl (C=O) groups excluding carboxylic acids is 3. The highest BCUT2D eigenvalue weighted by Crippen LogP contribution is 2.59. The summed E-state index contributed by atoms with van der Waals surface area (Å²) in [6.45, 7) is 3.09. The van der Waals surface area contributed by atoms with Crippen molar-refractivity contribution in [3.8, 4) is 0 Å². The molecular weight excluding hydrogens is 601 g/mol. The molecule has 0 bridgehead atoms. The molecule has 3 aliphatic heterocycles. The van der Waals surface area contributed by atoms with Crippen molar-refractivity contribution in [2.45, 2.75) is 68.2 Å². The molecule has 0 radical (unpaired) electrons. The van der Waals surface area contributed by atoms with Gasteiger partial charge in [-0.05, 0) is 67.8 Å². The predicted octanol–water partition coefficient (Wildman–Crippen LogP) is 3.97. The van der Waals surface area contributed by atoms with Crippen molar-refractivity contribution in [2.75, 3.05) is 13.1 Å². The molecule has 3 N–H and O–H groups in total. The topological polar surface area (TPSA) is 140 Å². The summed E-state index contributed by atoms with van der Waals surface area (Å²) < 4.78 is 40.2. The lowest BCUT2D eigenvalue weighted by molar-refractivity contribution is -0.150. The van der Waals surface area contributed by atoms with Crippen molar-refractivity contribution >= 4 is 46.7 Å². The van der Waals surface area contributed by atoms with Gasteiger partial charge >= 0.3 is 13.3 Å². The Hall–Kier alpha value is -3.25. The van der Waals surface area contributed by atoms with Crippen LogP contribution in [0.3, 0.4) is 0 Å². The summed E-state index contributed by atoms with van der Waals surface area (Å²) in [6, 6.07) is 8.73. The molecule has 2 aromatic heterocycles. The Balaban J connectivity index is 1.15. The molecule has 3 amide bonds. The Morgan fingerprint density at radius 3 is 2.58 bits per heavy atom. The summed E-state index contributed by atoms with van der Waals surface area (Å²) in [5, 5.41) is 3.02. The Morgan fingerprint density at radius 2 is 1.88 bits per heavy atom. The first-order valence-electron chi connectivity index (χ1n) is 14.1. The number of aromatic nitrogens is 1. The summed E-state index contributed by atoms with van der Waals surface area (Å²) in [5.74, 6) is -0.953. The van der Waals surface area contributed by atoms with Gasteiger partial charge in [0.25, 0.3) is 5.91 Å². The lowest BCUT2D eigenvalue weighted by Crippen LogP contribution is -2.64. The highest BCUT2D eigenvalue weighted by molar-refractivity contribution is 7.52. The number of alkyl halides is 2. The van der Waals surface area contributed by atoms with Crippen LogP contribution in [0.25, 0.3) is 10.1 Å². The average molecular weight is 633 g/mol. The van der Waals surface area contributed by atoms with Crippen LogP contribution in [-0.4, -0.2) is 73.5 Å². The van der Waals surface area contributed by atoms with Gasteiger partial charge in [-0.25, -0.2) is 0 Å². The number of rotatable bonds is 6. The fourth-order valence-electron chi connectivity index (χ4n) is 6.52. The van der Waals surface area contributed by atoms with Crippen LogP contribution in [0.1, 0.15) is 60.0 Å². The number of hydrogen-bond acceptors (Lipinski definition) is 6. The van der Waals surface area contributed by atoms with Crippen LogP contribution >= 0.6 is 18.9 Å². The third kappa shape index (κ3) is 5.26. The Bertz CT molecular complexity index is 1640. The molecule has 10 nitrogen and oxygen atoms in total. The summed E-state index contributed by atoms with van der Waals surface area (Å²) >= 11 is 1.02. The van der Waals surface area contributed by atoms with Crippen molar-refractivity contribution in [1.82, 2.24) is 20.1 Å². The van der Waals surface area contributed by atoms with E-state index in [0.29, 0.717) is 43.5 Å². The molecule has 0 saturated carbocycles. The van der Waals surface area contributed by atoms with Gasteiger partial charge in [-0.15, -0.1) is 11.3 Å². The maximum atomic E-state index is 14.2. The maximum absolute atomic E-state index is 14.2. The molecule has 3 aliphatic rings. The summed E-state index contributed by atoms with van der Waals surface area (Å²) in [6.07, 6.45) is 4.83. The van der Waals surface area contributed by atoms with Crippen LogP contribution in [0.2, 0.25) is 0 Å². The molecule has 0 unspecified atom stereocenters. The second-order valence-electron chi connectivity index (χ2n) is 11.9. The monoisotopic (exact) mass is 632 g/mol. The van der Waals surface area contributed by atoms with E-state index in [0.717, 1.165) is 35.6 Å². The first-order valence-corrected chi connectivity index (χ1v) is 16.5. The molecule has 3 atom stereocenters. The number of carbonyl (C=O) groups is 3. The third-order valence-electron chi connectivity index (χ3n) is 8.80. The van der Waals surface area contributed by atoms with E-state index < -0.39 is 36.8 Å². The van der Waals surface area contributed by atoms with Crippen molar-refractivity contribution < 1.29 is 37.5 Å². The molecule has 0 aliphatic carbocycles. The number of thiophene rings is 1. The van der Waals surface area contributed by atoms with Gasteiger partial charge in [-0.1, -0.05) is 19.1 Å². The molecule has 14 heteroatoms. The Kier molecular flexibility index (Phi) is 7.44. The quantitative estimate of drug-likeness (QED) is 0.350. The highest BCUT2D eigenvalue weighted by Gasteiger charge is 2.51. The lowest BCUT2D eigenvalue weighted by Gasteiger charge is -2.49. The number of hydrogen-bond donors (Lipinski definition) is 3. The van der Waals surface area contributed by atoms with Crippen LogP contribution in [0.4, 0.5) is 8.78 Å². The molecule has 43 heavy (non-hydrogen) atoms. The van der Waals surface area contributed by atoms with E-state index >= 15 is 0 Å². The van der Waals surface area contributed by atoms with E-state index in [9.17, 15) is 27.7 Å². The largest absolute Gasteiger partial charge is 0.399 e. The highest BCUT2D eigenvalue weighted by atomic mass is 32.1. The summed E-state index contributed by atoms with van der Waals surface area (Å²) in [5.41, 5.74) is -4.54. The summed E-state index contributed by atoms with van der Waals surface area (Å²) in [7, 11) is -5.74. The predicted molar refractivity (Wildman–Crippen MR) is 155 cm³/mol. The number of fused-ring (bicyclic) bond motifs is 2. The molecule has 0 spiro atoms. The Morgan fingerprint density at radius 1 is 1.12 bits per heavy atom. The smallest absolute Gasteiger partial charge is 0.340 e. The van der Waals surface area contributed by atoms with Crippen LogP contribution in [-0.2, 0) is 25.2 Å². The second-order valence-corrected chi connectivity index (χ2v) is 14.6. The lowest BCUT2D eigenvalue weighted by atomic mass is 9.78. The molecular formula is C29H31F2N4O6PS. The van der Waals surface area contributed by atoms with Gasteiger partial charge in [0, 0.05) is 46.7 Å². The van der Waals surface area contributed by atoms with Crippen LogP contribution in [0.5, 0.6) is 0 Å². The molecule has 3 fully saturated rings. The van der Waals surface area contributed by atoms with Crippen molar-refractivity contribution in [2.24, 2.45) is 0 Å². The SMILES string of the molecule is CC1(c2ccccn2)CN(C(=O)[C@@H]2CC[C@@H]3CCC[C@H](NC(=O)c4cc5cc(C(F)(F)P(=O)(O)O)ccc5s4)C(=O)N32)C1. The molecule has 1 aromatic carbocycles. The van der Waals surface area contributed by atoms with Gasteiger partial charge < -0.3 is 24.9 Å². The van der Waals surface area contributed by atoms with Crippen molar-refractivity contribution in [1.29, 1.82) is 0 Å². The Labute approximate surface area is 250 Å². The van der Waals surface area contributed by atoms with Crippen molar-refractivity contribution in [3.63, 3.8) is 0 Å². The van der Waals surface area contributed by atoms with Gasteiger partial charge in [-0.2, -0.15) is 8.78 Å². The average Bonchev–Trinajstić information content (AvgIpc) is 3.54. The van der Waals surface area contributed by atoms with E-state index in [1.54, 1.807) is 16.0 Å². The van der Waals surface area contributed by atoms with E-state index in [1.165, 1.54) is 12.1 Å². The van der Waals surface area contributed by atoms with E-state index in [2.05, 4.69) is 17.2 Å². The maximum Gasteiger partial charge on any atom is 0.399 e. The van der Waals surface area contributed by atoms with Gasteiger partial charge in [0.1, 0.15) is 12.1 Å². The second kappa shape index (κ2) is 10.7. The van der Waals surface area contributed by atoms with E-state index in [4.69, 9.17) is 9.79 Å². The number of nitrogens with one attached hydrogen (secondary N) is 1. The third-order valence-corrected chi connectivity index (χ3v) is 10.9. The molecule has 3 aromatic rings. The van der Waals surface area contributed by atoms with Gasteiger partial charge in [0.05, 0.1) is 4.88 Å². The molecule has 6 rings (SSSR count).